The average Bonchev–Trinajstić information content (AvgIpc) is 2.70. The van der Waals surface area contributed by atoms with E-state index in [1.54, 1.807) is 0 Å². The van der Waals surface area contributed by atoms with Crippen LogP contribution in [-0.2, 0) is 6.42 Å². The van der Waals surface area contributed by atoms with Gasteiger partial charge in [-0.3, -0.25) is 0 Å². The van der Waals surface area contributed by atoms with Gasteiger partial charge < -0.3 is 10.2 Å². The van der Waals surface area contributed by atoms with Crippen LogP contribution in [0.25, 0.3) is 11.3 Å². The van der Waals surface area contributed by atoms with Crippen molar-refractivity contribution < 1.29 is 0 Å². The van der Waals surface area contributed by atoms with E-state index in [0.717, 1.165) is 50.7 Å². The van der Waals surface area contributed by atoms with Crippen LogP contribution in [0.3, 0.4) is 0 Å². The van der Waals surface area contributed by atoms with Gasteiger partial charge in [0, 0.05) is 47.9 Å². The van der Waals surface area contributed by atoms with Gasteiger partial charge >= 0.3 is 0 Å². The predicted molar refractivity (Wildman–Crippen MR) is 87.7 cm³/mol. The van der Waals surface area contributed by atoms with E-state index in [1.807, 2.05) is 6.20 Å². The second-order valence-electron chi connectivity index (χ2n) is 5.58. The summed E-state index contributed by atoms with van der Waals surface area (Å²) in [5, 5.41) is 3.42. The summed E-state index contributed by atoms with van der Waals surface area (Å²) in [6.07, 6.45) is 4.07. The van der Waals surface area contributed by atoms with Crippen molar-refractivity contribution in [2.24, 2.45) is 0 Å². The largest absolute Gasteiger partial charge is 0.339 e. The number of rotatable bonds is 1. The Morgan fingerprint density at radius 1 is 1.19 bits per heavy atom. The lowest BCUT2D eigenvalue weighted by Gasteiger charge is -2.20. The van der Waals surface area contributed by atoms with Gasteiger partial charge in [-0.05, 0) is 24.6 Å². The number of halogens is 1. The molecule has 5 heteroatoms. The van der Waals surface area contributed by atoms with Crippen LogP contribution in [0.5, 0.6) is 0 Å². The van der Waals surface area contributed by atoms with E-state index >= 15 is 0 Å². The average molecular weight is 345 g/mol. The third kappa shape index (κ3) is 2.34. The lowest BCUT2D eigenvalue weighted by atomic mass is 10.1. The quantitative estimate of drug-likeness (QED) is 0.736. The maximum Gasteiger partial charge on any atom is 0.225 e. The van der Waals surface area contributed by atoms with E-state index in [0.29, 0.717) is 0 Å². The van der Waals surface area contributed by atoms with Gasteiger partial charge in [0.15, 0.2) is 0 Å². The van der Waals surface area contributed by atoms with Crippen LogP contribution >= 0.6 is 15.9 Å². The lowest BCUT2D eigenvalue weighted by Crippen LogP contribution is -2.29. The summed E-state index contributed by atoms with van der Waals surface area (Å²) in [6.45, 7) is 4.08. The molecule has 0 saturated carbocycles. The molecule has 0 atom stereocenters. The first-order valence-corrected chi connectivity index (χ1v) is 8.21. The Bertz CT molecular complexity index is 678. The number of nitrogens with zero attached hydrogens (tertiary/aromatic N) is 3. The van der Waals surface area contributed by atoms with Crippen molar-refractivity contribution in [2.75, 3.05) is 31.1 Å². The third-order valence-electron chi connectivity index (χ3n) is 4.22. The zero-order valence-corrected chi connectivity index (χ0v) is 13.4. The molecule has 1 fully saturated rings. The Morgan fingerprint density at radius 2 is 2.14 bits per heavy atom. The molecule has 1 aliphatic heterocycles. The number of hydrogen-bond donors (Lipinski definition) is 1. The van der Waals surface area contributed by atoms with Gasteiger partial charge in [-0.15, -0.1) is 0 Å². The third-order valence-corrected chi connectivity index (χ3v) is 4.96. The Morgan fingerprint density at radius 3 is 3.10 bits per heavy atom. The molecule has 0 spiro atoms. The van der Waals surface area contributed by atoms with Gasteiger partial charge in [-0.2, -0.15) is 0 Å². The molecule has 2 heterocycles. The fraction of sp³-hybridized carbons (Fsp3) is 0.375. The summed E-state index contributed by atoms with van der Waals surface area (Å²) in [4.78, 5) is 11.8. The number of fused-ring (bicyclic) bond motifs is 3. The van der Waals surface area contributed by atoms with Crippen molar-refractivity contribution in [1.29, 1.82) is 0 Å². The fourth-order valence-electron chi connectivity index (χ4n) is 3.11. The van der Waals surface area contributed by atoms with Gasteiger partial charge in [0.1, 0.15) is 0 Å². The highest BCUT2D eigenvalue weighted by atomic mass is 79.9. The van der Waals surface area contributed by atoms with Crippen molar-refractivity contribution >= 4 is 21.9 Å². The van der Waals surface area contributed by atoms with Crippen LogP contribution in [0.1, 0.15) is 17.5 Å². The summed E-state index contributed by atoms with van der Waals surface area (Å²) < 4.78 is 1.17. The van der Waals surface area contributed by atoms with Crippen molar-refractivity contribution in [2.45, 2.75) is 12.8 Å². The number of anilines is 1. The molecule has 0 bridgehead atoms. The van der Waals surface area contributed by atoms with E-state index < -0.39 is 0 Å². The Balaban J connectivity index is 1.73. The molecule has 4 rings (SSSR count). The van der Waals surface area contributed by atoms with Gasteiger partial charge in [-0.25, -0.2) is 9.97 Å². The SMILES string of the molecule is Brc1cccc2c1Cc1cnc(N3CCCNCC3)nc1-2. The van der Waals surface area contributed by atoms with E-state index in [4.69, 9.17) is 4.98 Å². The first kappa shape index (κ1) is 13.2. The topological polar surface area (TPSA) is 41.1 Å². The second-order valence-corrected chi connectivity index (χ2v) is 6.43. The molecule has 0 radical (unpaired) electrons. The first-order chi connectivity index (χ1) is 10.3. The predicted octanol–water partition coefficient (Wildman–Crippen LogP) is 2.61. The van der Waals surface area contributed by atoms with Gasteiger partial charge in [0.2, 0.25) is 5.95 Å². The van der Waals surface area contributed by atoms with Gasteiger partial charge in [0.25, 0.3) is 0 Å². The van der Waals surface area contributed by atoms with Crippen molar-refractivity contribution in [1.82, 2.24) is 15.3 Å². The standard InChI is InChI=1S/C16H17BrN4/c17-14-4-1-3-12-13(14)9-11-10-19-16(20-15(11)12)21-7-2-5-18-6-8-21/h1,3-4,10,18H,2,5-9H2. The Kier molecular flexibility index (Phi) is 3.39. The second kappa shape index (κ2) is 5.39. The van der Waals surface area contributed by atoms with Crippen LogP contribution < -0.4 is 10.2 Å². The Hall–Kier alpha value is -1.46. The van der Waals surface area contributed by atoms with Crippen LogP contribution in [0, 0.1) is 0 Å². The molecule has 2 aliphatic rings. The van der Waals surface area contributed by atoms with Crippen LogP contribution in [-0.4, -0.2) is 36.1 Å². The molecule has 4 nitrogen and oxygen atoms in total. The number of nitrogens with one attached hydrogen (secondary N) is 1. The van der Waals surface area contributed by atoms with Gasteiger partial charge in [-0.1, -0.05) is 28.1 Å². The molecular weight excluding hydrogens is 328 g/mol. The van der Waals surface area contributed by atoms with Crippen molar-refractivity contribution in [3.8, 4) is 11.3 Å². The zero-order valence-electron chi connectivity index (χ0n) is 11.8. The van der Waals surface area contributed by atoms with E-state index in [9.17, 15) is 0 Å². The molecule has 1 aliphatic carbocycles. The minimum atomic E-state index is 0.866. The highest BCUT2D eigenvalue weighted by Gasteiger charge is 2.24. The van der Waals surface area contributed by atoms with Crippen LogP contribution in [0.15, 0.2) is 28.9 Å². The summed E-state index contributed by atoms with van der Waals surface area (Å²) in [6, 6.07) is 6.34. The maximum absolute atomic E-state index is 4.87. The molecular formula is C16H17BrN4. The molecule has 108 valence electrons. The Labute approximate surface area is 132 Å². The number of hydrogen-bond acceptors (Lipinski definition) is 4. The van der Waals surface area contributed by atoms with Crippen LogP contribution in [0.4, 0.5) is 5.95 Å². The molecule has 0 unspecified atom stereocenters. The lowest BCUT2D eigenvalue weighted by molar-refractivity contribution is 0.724. The summed E-state index contributed by atoms with van der Waals surface area (Å²) in [7, 11) is 0. The summed E-state index contributed by atoms with van der Waals surface area (Å²) >= 11 is 3.64. The minimum Gasteiger partial charge on any atom is -0.339 e. The zero-order chi connectivity index (χ0) is 14.2. The van der Waals surface area contributed by atoms with Gasteiger partial charge in [0.05, 0.1) is 5.69 Å². The van der Waals surface area contributed by atoms with E-state index in [2.05, 4.69) is 49.3 Å². The highest BCUT2D eigenvalue weighted by molar-refractivity contribution is 9.10. The molecule has 2 aromatic rings. The maximum atomic E-state index is 4.87. The van der Waals surface area contributed by atoms with Crippen LogP contribution in [0.2, 0.25) is 0 Å². The summed E-state index contributed by atoms with van der Waals surface area (Å²) in [5.74, 6) is 0.866. The monoisotopic (exact) mass is 344 g/mol. The first-order valence-electron chi connectivity index (χ1n) is 7.42. The van der Waals surface area contributed by atoms with E-state index in [-0.39, 0.29) is 0 Å². The summed E-state index contributed by atoms with van der Waals surface area (Å²) in [5.41, 5.74) is 4.91. The molecule has 1 N–H and O–H groups in total. The minimum absolute atomic E-state index is 0.866. The number of benzene rings is 1. The molecule has 1 aromatic heterocycles. The molecule has 21 heavy (non-hydrogen) atoms. The van der Waals surface area contributed by atoms with E-state index in [1.165, 1.54) is 21.2 Å². The van der Waals surface area contributed by atoms with Crippen molar-refractivity contribution in [3.05, 3.63) is 40.0 Å². The van der Waals surface area contributed by atoms with Crippen molar-refractivity contribution in [3.63, 3.8) is 0 Å². The normalized spacial score (nSPS) is 17.3. The number of aromatic nitrogens is 2. The highest BCUT2D eigenvalue weighted by Crippen LogP contribution is 2.39. The molecule has 1 saturated heterocycles. The molecule has 1 aromatic carbocycles. The smallest absolute Gasteiger partial charge is 0.225 e. The molecule has 0 amide bonds. The fourth-order valence-corrected chi connectivity index (χ4v) is 3.62.